The van der Waals surface area contributed by atoms with Crippen LogP contribution in [0.4, 0.5) is 24.5 Å². The van der Waals surface area contributed by atoms with Crippen LogP contribution in [0.5, 0.6) is 0 Å². The van der Waals surface area contributed by atoms with Crippen LogP contribution in [0.25, 0.3) is 20.8 Å². The molecule has 258 valence electrons. The number of carbonyl (C=O) groups is 3. The zero-order chi connectivity index (χ0) is 34.5. The van der Waals surface area contributed by atoms with E-state index in [0.717, 1.165) is 23.8 Å². The molecule has 0 radical (unpaired) electrons. The molecule has 0 bridgehead atoms. The number of fused-ring (bicyclic) bond motifs is 1. The Morgan fingerprint density at radius 3 is 2.21 bits per heavy atom. The third-order valence-corrected chi connectivity index (χ3v) is 8.80. The van der Waals surface area contributed by atoms with E-state index in [1.165, 1.54) is 35.6 Å². The molecule has 0 saturated carbocycles. The molecular weight excluding hydrogens is 672 g/mol. The Morgan fingerprint density at radius 2 is 1.58 bits per heavy atom. The number of nitrogens with two attached hydrogens (primary N) is 2. The molecule has 6 N–H and O–H groups in total. The Morgan fingerprint density at radius 1 is 0.917 bits per heavy atom. The molecule has 0 spiro atoms. The van der Waals surface area contributed by atoms with Gasteiger partial charge in [-0.1, -0.05) is 6.07 Å². The zero-order valence-corrected chi connectivity index (χ0v) is 27.5. The Balaban J connectivity index is 1.23. The number of nitrogens with one attached hydrogen (secondary N) is 2. The van der Waals surface area contributed by atoms with E-state index in [-0.39, 0.29) is 44.3 Å². The van der Waals surface area contributed by atoms with Gasteiger partial charge in [-0.2, -0.15) is 13.2 Å². The van der Waals surface area contributed by atoms with Gasteiger partial charge in [0.15, 0.2) is 0 Å². The maximum atomic E-state index is 14.0. The van der Waals surface area contributed by atoms with Crippen LogP contribution in [0, 0.1) is 0 Å². The number of aromatic nitrogens is 1. The van der Waals surface area contributed by atoms with Crippen LogP contribution in [0.3, 0.4) is 0 Å². The van der Waals surface area contributed by atoms with Crippen molar-refractivity contribution >= 4 is 61.7 Å². The van der Waals surface area contributed by atoms with Gasteiger partial charge in [0.1, 0.15) is 9.71 Å². The van der Waals surface area contributed by atoms with E-state index in [4.69, 9.17) is 25.7 Å². The second-order valence-corrected chi connectivity index (χ2v) is 12.3. The van der Waals surface area contributed by atoms with E-state index >= 15 is 0 Å². The number of nitrogens with zero attached hydrogens (tertiary/aromatic N) is 1. The molecule has 0 atom stereocenters. The van der Waals surface area contributed by atoms with Gasteiger partial charge in [0.05, 0.1) is 54.8 Å². The number of carbonyl (C=O) groups excluding carboxylic acids is 3. The first kappa shape index (κ1) is 37.1. The first-order valence-electron chi connectivity index (χ1n) is 15.1. The lowest BCUT2D eigenvalue weighted by atomic mass is 10.0. The van der Waals surface area contributed by atoms with Gasteiger partial charge in [0, 0.05) is 29.9 Å². The maximum Gasteiger partial charge on any atom is 0.417 e. The second-order valence-electron chi connectivity index (χ2n) is 10.3. The summed E-state index contributed by atoms with van der Waals surface area (Å²) in [5, 5.41) is 6.78. The highest BCUT2D eigenvalue weighted by Gasteiger charge is 2.36. The lowest BCUT2D eigenvalue weighted by Gasteiger charge is -2.10. The minimum absolute atomic E-state index is 0.000960. The summed E-state index contributed by atoms with van der Waals surface area (Å²) in [6.07, 6.45) is -3.28. The lowest BCUT2D eigenvalue weighted by molar-refractivity contribution is -0.136. The smallest absolute Gasteiger partial charge is 0.397 e. The summed E-state index contributed by atoms with van der Waals surface area (Å²) in [6.45, 7) is 3.81. The number of Topliss-reactive ketones (excluding diaryl/α,β-unsaturated/α-hetero) is 1. The van der Waals surface area contributed by atoms with E-state index in [0.29, 0.717) is 64.0 Å². The third-order valence-electron chi connectivity index (χ3n) is 6.81. The normalized spacial score (nSPS) is 11.7. The van der Waals surface area contributed by atoms with E-state index < -0.39 is 29.2 Å². The summed E-state index contributed by atoms with van der Waals surface area (Å²) >= 11 is 2.03. The van der Waals surface area contributed by atoms with Crippen LogP contribution in [-0.4, -0.2) is 81.7 Å². The predicted molar refractivity (Wildman–Crippen MR) is 179 cm³/mol. The van der Waals surface area contributed by atoms with Gasteiger partial charge in [-0.3, -0.25) is 14.4 Å². The molecule has 48 heavy (non-hydrogen) atoms. The van der Waals surface area contributed by atoms with Crippen LogP contribution in [0.2, 0.25) is 0 Å². The van der Waals surface area contributed by atoms with E-state index in [1.807, 2.05) is 0 Å². The van der Waals surface area contributed by atoms with Crippen LogP contribution in [0.15, 0.2) is 47.8 Å². The number of hydrogen-bond donors (Lipinski definition) is 4. The van der Waals surface area contributed by atoms with Gasteiger partial charge in [-0.25, -0.2) is 4.98 Å². The number of thiophene rings is 2. The average Bonchev–Trinajstić information content (AvgIpc) is 3.72. The molecule has 0 aliphatic carbocycles. The predicted octanol–water partition coefficient (Wildman–Crippen LogP) is 4.74. The fourth-order valence-electron chi connectivity index (χ4n) is 4.41. The van der Waals surface area contributed by atoms with E-state index in [2.05, 4.69) is 15.6 Å². The number of nitrogen functional groups attached to an aromatic ring is 1. The summed E-state index contributed by atoms with van der Waals surface area (Å²) < 4.78 is 58.3. The number of ketones is 2. The first-order chi connectivity index (χ1) is 23.1. The summed E-state index contributed by atoms with van der Waals surface area (Å²) in [6, 6.07) is 9.92. The quantitative estimate of drug-likeness (QED) is 0.0572. The van der Waals surface area contributed by atoms with Crippen molar-refractivity contribution in [3.05, 3.63) is 63.8 Å². The number of rotatable bonds is 20. The van der Waals surface area contributed by atoms with Gasteiger partial charge >= 0.3 is 6.18 Å². The largest absolute Gasteiger partial charge is 0.417 e. The fourth-order valence-corrected chi connectivity index (χ4v) is 6.18. The van der Waals surface area contributed by atoms with Crippen molar-refractivity contribution in [3.63, 3.8) is 0 Å². The third kappa shape index (κ3) is 10.4. The highest BCUT2D eigenvalue weighted by molar-refractivity contribution is 7.21. The van der Waals surface area contributed by atoms with Crippen molar-refractivity contribution in [2.45, 2.75) is 19.0 Å². The second kappa shape index (κ2) is 18.1. The van der Waals surface area contributed by atoms with Gasteiger partial charge in [0.25, 0.3) is 5.91 Å². The van der Waals surface area contributed by atoms with Crippen molar-refractivity contribution in [1.29, 1.82) is 0 Å². The minimum Gasteiger partial charge on any atom is -0.397 e. The molecule has 16 heteroatoms. The molecule has 1 aromatic carbocycles. The monoisotopic (exact) mass is 707 g/mol. The first-order valence-corrected chi connectivity index (χ1v) is 16.8. The van der Waals surface area contributed by atoms with Crippen molar-refractivity contribution in [2.24, 2.45) is 5.73 Å². The highest BCUT2D eigenvalue weighted by Crippen LogP contribution is 2.44. The van der Waals surface area contributed by atoms with Crippen molar-refractivity contribution in [2.75, 3.05) is 70.3 Å². The number of pyridine rings is 1. The Bertz CT molecular complexity index is 1660. The van der Waals surface area contributed by atoms with Gasteiger partial charge < -0.3 is 36.3 Å². The average molecular weight is 708 g/mol. The lowest BCUT2D eigenvalue weighted by Crippen LogP contribution is -2.33. The fraction of sp³-hybridized carbons (Fsp3) is 0.375. The molecule has 0 unspecified atom stereocenters. The summed E-state index contributed by atoms with van der Waals surface area (Å²) in [7, 11) is 0. The molecule has 4 aromatic rings. The number of amides is 1. The van der Waals surface area contributed by atoms with Crippen LogP contribution in [0.1, 0.15) is 33.6 Å². The number of halogens is 3. The summed E-state index contributed by atoms with van der Waals surface area (Å²) in [5.41, 5.74) is 10.8. The van der Waals surface area contributed by atoms with Crippen LogP contribution in [-0.2, 0) is 30.0 Å². The topological polar surface area (TPSA) is 168 Å². The molecule has 3 heterocycles. The molecule has 0 aliphatic heterocycles. The molecular formula is C32H36F3N5O6S2. The minimum atomic E-state index is -4.72. The van der Waals surface area contributed by atoms with Crippen molar-refractivity contribution in [1.82, 2.24) is 10.3 Å². The molecule has 0 fully saturated rings. The van der Waals surface area contributed by atoms with Crippen LogP contribution >= 0.6 is 22.7 Å². The summed E-state index contributed by atoms with van der Waals surface area (Å²) in [5.74, 6) is -2.13. The zero-order valence-electron chi connectivity index (χ0n) is 25.9. The van der Waals surface area contributed by atoms with Crippen molar-refractivity contribution in [3.8, 4) is 10.6 Å². The summed E-state index contributed by atoms with van der Waals surface area (Å²) in [4.78, 5) is 42.8. The SMILES string of the molecule is NCCCOCCOCCOCCCNCC(=O)C(=O)Nc1ccc(C(=O)c2sc3nc(-c4cccs4)cc(C(F)(F)F)c3c2N)cc1. The van der Waals surface area contributed by atoms with Gasteiger partial charge in [-0.15, -0.1) is 22.7 Å². The molecule has 0 saturated heterocycles. The van der Waals surface area contributed by atoms with E-state index in [9.17, 15) is 27.6 Å². The molecule has 4 rings (SSSR count). The number of hydrogen-bond acceptors (Lipinski definition) is 12. The van der Waals surface area contributed by atoms with Crippen LogP contribution < -0.4 is 22.1 Å². The standard InChI is InChI=1S/C32H36F3N5O6S2/c33-32(34,35)22-18-23(25-4-1-17-47-25)40-31-26(22)27(37)29(48-31)28(42)20-5-7-21(8-6-20)39-30(43)24(41)19-38-10-3-12-45-14-16-46-15-13-44-11-2-9-36/h1,4-8,17-18,38H,2-3,9-16,19,36-37H2,(H,39,43). The molecule has 11 nitrogen and oxygen atoms in total. The van der Waals surface area contributed by atoms with E-state index in [1.54, 1.807) is 17.5 Å². The highest BCUT2D eigenvalue weighted by atomic mass is 32.1. The number of alkyl halides is 3. The van der Waals surface area contributed by atoms with Gasteiger partial charge in [-0.05, 0) is 67.7 Å². The maximum absolute atomic E-state index is 14.0. The Kier molecular flexibility index (Phi) is 14.0. The molecule has 3 aromatic heterocycles. The Labute approximate surface area is 282 Å². The number of anilines is 2. The number of ether oxygens (including phenoxy) is 3. The number of benzene rings is 1. The Hall–Kier alpha value is -3.77. The molecule has 1 amide bonds. The van der Waals surface area contributed by atoms with Crippen molar-refractivity contribution < 1.29 is 41.8 Å². The van der Waals surface area contributed by atoms with Gasteiger partial charge in [0.2, 0.25) is 11.6 Å². The molecule has 0 aliphatic rings.